The Morgan fingerprint density at radius 1 is 1.41 bits per heavy atom. The van der Waals surface area contributed by atoms with Gasteiger partial charge in [0.1, 0.15) is 0 Å². The fourth-order valence-electron chi connectivity index (χ4n) is 0.736. The Labute approximate surface area is 104 Å². The van der Waals surface area contributed by atoms with E-state index in [1.807, 2.05) is 0 Å². The third-order valence-electron chi connectivity index (χ3n) is 1.53. The topological polar surface area (TPSA) is 130 Å². The number of nitrogens with two attached hydrogens (primary N) is 1. The molecule has 0 radical (unpaired) electrons. The molecule has 0 amide bonds. The quantitative estimate of drug-likeness (QED) is 0.631. The van der Waals surface area contributed by atoms with E-state index in [2.05, 4.69) is 5.73 Å². The molecule has 7 nitrogen and oxygen atoms in total. The first-order chi connectivity index (χ1) is 7.51. The van der Waals surface area contributed by atoms with Crippen LogP contribution in [0, 0.1) is 10.1 Å². The maximum atomic E-state index is 10.2. The van der Waals surface area contributed by atoms with Crippen LogP contribution in [-0.4, -0.2) is 22.5 Å². The molecule has 0 saturated carbocycles. The third-order valence-corrected chi connectivity index (χ3v) is 1.53. The van der Waals surface area contributed by atoms with E-state index in [1.54, 1.807) is 12.1 Å². The molecule has 96 valence electrons. The fraction of sp³-hybridized carbons (Fsp3) is 0.222. The first-order valence-corrected chi connectivity index (χ1v) is 4.31. The van der Waals surface area contributed by atoms with E-state index in [1.165, 1.54) is 12.1 Å². The molecule has 8 heteroatoms. The highest BCUT2D eigenvalue weighted by Gasteiger charge is 2.01. The number of nitrogens with one attached hydrogen (secondary N) is 1. The van der Waals surface area contributed by atoms with Crippen molar-refractivity contribution in [1.82, 2.24) is 0 Å². The Balaban J connectivity index is 0. The molecule has 0 heterocycles. The van der Waals surface area contributed by atoms with Gasteiger partial charge in [0.2, 0.25) is 0 Å². The van der Waals surface area contributed by atoms with Crippen molar-refractivity contribution in [3.05, 3.63) is 45.7 Å². The first kappa shape index (κ1) is 17.7. The minimum Gasteiger partial charge on any atom is -0.674 e. The summed E-state index contributed by atoms with van der Waals surface area (Å²) in [6.07, 6.45) is 0. The Morgan fingerprint density at radius 3 is 2.06 bits per heavy atom. The number of nitrogens with zero attached hydrogens (tertiary/aromatic N) is 1. The highest BCUT2D eigenvalue weighted by Crippen LogP contribution is 2.11. The van der Waals surface area contributed by atoms with Gasteiger partial charge in [-0.05, 0) is 0 Å². The lowest BCUT2D eigenvalue weighted by atomic mass is 10.2. The zero-order valence-corrected chi connectivity index (χ0v) is 9.64. The van der Waals surface area contributed by atoms with E-state index < -0.39 is 10.9 Å². The predicted octanol–water partition coefficient (Wildman–Crippen LogP) is 1.60. The molecule has 4 N–H and O–H groups in total. The third kappa shape index (κ3) is 8.14. The van der Waals surface area contributed by atoms with E-state index in [0.717, 1.165) is 5.56 Å². The van der Waals surface area contributed by atoms with Gasteiger partial charge in [0.05, 0.1) is 11.5 Å². The van der Waals surface area contributed by atoms with Crippen LogP contribution in [0.3, 0.4) is 0 Å². The summed E-state index contributed by atoms with van der Waals surface area (Å²) >= 11 is 0. The number of hydrogen-bond acceptors (Lipinski definition) is 4. The number of aliphatic carboxylic acids is 1. The van der Waals surface area contributed by atoms with Crippen molar-refractivity contribution >= 4 is 24.1 Å². The summed E-state index contributed by atoms with van der Waals surface area (Å²) in [6.45, 7) is -0.113. The molecule has 17 heavy (non-hydrogen) atoms. The highest BCUT2D eigenvalue weighted by molar-refractivity contribution is 5.85. The average molecular weight is 263 g/mol. The highest BCUT2D eigenvalue weighted by atomic mass is 35.5. The predicted molar refractivity (Wildman–Crippen MR) is 65.1 cm³/mol. The summed E-state index contributed by atoms with van der Waals surface area (Å²) in [5, 5.41) is 17.8. The Hall–Kier alpha value is -1.70. The van der Waals surface area contributed by atoms with Gasteiger partial charge >= 0.3 is 5.97 Å². The number of carbonyl (C=O) groups is 1. The van der Waals surface area contributed by atoms with Crippen LogP contribution in [-0.2, 0) is 11.3 Å². The van der Waals surface area contributed by atoms with Gasteiger partial charge in [0.25, 0.3) is 5.69 Å². The lowest BCUT2D eigenvalue weighted by Crippen LogP contribution is -2.10. The number of hydrogen-bond donors (Lipinski definition) is 2. The van der Waals surface area contributed by atoms with E-state index in [-0.39, 0.29) is 31.2 Å². The maximum absolute atomic E-state index is 10.2. The van der Waals surface area contributed by atoms with Crippen LogP contribution in [0.25, 0.3) is 5.73 Å². The number of halogens is 1. The van der Waals surface area contributed by atoms with E-state index in [9.17, 15) is 14.9 Å². The molecule has 0 atom stereocenters. The molecule has 1 aromatic carbocycles. The van der Waals surface area contributed by atoms with Crippen molar-refractivity contribution in [1.29, 1.82) is 0 Å². The molecular formula is C9H13ClN3O4-. The van der Waals surface area contributed by atoms with Gasteiger partial charge in [-0.15, -0.1) is 19.0 Å². The van der Waals surface area contributed by atoms with Gasteiger partial charge in [-0.2, -0.15) is 0 Å². The van der Waals surface area contributed by atoms with Crippen LogP contribution in [0.5, 0.6) is 0 Å². The summed E-state index contributed by atoms with van der Waals surface area (Å²) in [7, 11) is 0. The number of non-ortho nitro benzene ring substituents is 1. The Kier molecular flexibility index (Phi) is 9.91. The molecule has 0 bridgehead atoms. The average Bonchev–Trinajstić information content (AvgIpc) is 2.29. The van der Waals surface area contributed by atoms with Crippen LogP contribution in [0.2, 0.25) is 0 Å². The number of benzene rings is 1. The smallest absolute Gasteiger partial charge is 0.317 e. The molecule has 0 aliphatic rings. The number of nitro groups is 1. The second-order valence-corrected chi connectivity index (χ2v) is 2.70. The Bertz CT molecular complexity index is 356. The standard InChI is InChI=1S/C7H7N2O2.C2H5NO2.ClH/c8-5-6-1-3-7(4-2-6)9(10)11;3-1-2(4)5;/h1-4,8H,5H2;1,3H2,(H,4,5);1H/q-1;;. The minimum atomic E-state index is -0.968. The second-order valence-electron chi connectivity index (χ2n) is 2.70. The molecule has 1 rings (SSSR count). The molecule has 0 aliphatic carbocycles. The van der Waals surface area contributed by atoms with Crippen molar-refractivity contribution in [3.8, 4) is 0 Å². The van der Waals surface area contributed by atoms with Crippen molar-refractivity contribution < 1.29 is 14.8 Å². The summed E-state index contributed by atoms with van der Waals surface area (Å²) < 4.78 is 0. The minimum absolute atomic E-state index is 0. The van der Waals surface area contributed by atoms with Crippen molar-refractivity contribution in [2.24, 2.45) is 5.73 Å². The molecule has 0 saturated heterocycles. The van der Waals surface area contributed by atoms with Crippen LogP contribution in [0.4, 0.5) is 5.69 Å². The van der Waals surface area contributed by atoms with E-state index >= 15 is 0 Å². The summed E-state index contributed by atoms with van der Waals surface area (Å²) in [6, 6.07) is 5.99. The molecule has 0 spiro atoms. The lowest BCUT2D eigenvalue weighted by molar-refractivity contribution is -0.384. The van der Waals surface area contributed by atoms with Gasteiger partial charge in [0.15, 0.2) is 0 Å². The second kappa shape index (κ2) is 9.52. The molecule has 0 aromatic heterocycles. The molecule has 0 unspecified atom stereocenters. The summed E-state index contributed by atoms with van der Waals surface area (Å²) in [5.41, 5.74) is 12.4. The Morgan fingerprint density at radius 2 is 1.82 bits per heavy atom. The number of carboxylic acid groups (broad SMARTS) is 1. The molecular weight excluding hydrogens is 250 g/mol. The number of rotatable bonds is 3. The number of nitro benzene ring substituents is 1. The van der Waals surface area contributed by atoms with Gasteiger partial charge in [-0.3, -0.25) is 14.9 Å². The molecule has 0 aliphatic heterocycles. The maximum Gasteiger partial charge on any atom is 0.317 e. The van der Waals surface area contributed by atoms with E-state index in [0.29, 0.717) is 0 Å². The summed E-state index contributed by atoms with van der Waals surface area (Å²) in [5.74, 6) is -0.968. The van der Waals surface area contributed by atoms with Crippen LogP contribution < -0.4 is 5.73 Å². The van der Waals surface area contributed by atoms with Gasteiger partial charge in [-0.1, -0.05) is 17.7 Å². The van der Waals surface area contributed by atoms with Crippen molar-refractivity contribution in [3.63, 3.8) is 0 Å². The first-order valence-electron chi connectivity index (χ1n) is 4.31. The van der Waals surface area contributed by atoms with Gasteiger partial charge in [-0.25, -0.2) is 0 Å². The normalized spacial score (nSPS) is 8.35. The van der Waals surface area contributed by atoms with Crippen LogP contribution in [0.1, 0.15) is 5.56 Å². The van der Waals surface area contributed by atoms with Crippen LogP contribution >= 0.6 is 12.4 Å². The van der Waals surface area contributed by atoms with Crippen molar-refractivity contribution in [2.75, 3.05) is 6.54 Å². The largest absolute Gasteiger partial charge is 0.674 e. The lowest BCUT2D eigenvalue weighted by Gasteiger charge is -1.99. The SMILES string of the molecule is Cl.NCC(=O)O.[NH-]Cc1ccc([N+](=O)[O-])cc1. The van der Waals surface area contributed by atoms with Gasteiger partial charge in [0, 0.05) is 12.1 Å². The fourth-order valence-corrected chi connectivity index (χ4v) is 0.736. The van der Waals surface area contributed by atoms with Crippen LogP contribution in [0.15, 0.2) is 24.3 Å². The molecule has 1 aromatic rings. The van der Waals surface area contributed by atoms with Gasteiger partial charge < -0.3 is 16.6 Å². The number of carboxylic acids is 1. The van der Waals surface area contributed by atoms with E-state index in [4.69, 9.17) is 10.8 Å². The summed E-state index contributed by atoms with van der Waals surface area (Å²) in [4.78, 5) is 19.0. The zero-order valence-electron chi connectivity index (χ0n) is 8.83. The monoisotopic (exact) mass is 262 g/mol. The zero-order chi connectivity index (χ0) is 12.6. The van der Waals surface area contributed by atoms with Crippen molar-refractivity contribution in [2.45, 2.75) is 6.54 Å². The molecule has 0 fully saturated rings.